The largest absolute Gasteiger partial charge is 0.343 e. The van der Waals surface area contributed by atoms with Gasteiger partial charge in [-0.25, -0.2) is 4.98 Å². The summed E-state index contributed by atoms with van der Waals surface area (Å²) >= 11 is 0. The van der Waals surface area contributed by atoms with Crippen molar-refractivity contribution in [3.8, 4) is 0 Å². The smallest absolute Gasteiger partial charge is 0.222 e. The number of rotatable bonds is 4. The molecule has 0 saturated carbocycles. The van der Waals surface area contributed by atoms with Crippen LogP contribution in [0.25, 0.3) is 11.0 Å². The van der Waals surface area contributed by atoms with Crippen LogP contribution < -0.4 is 0 Å². The van der Waals surface area contributed by atoms with E-state index in [4.69, 9.17) is 0 Å². The Morgan fingerprint density at radius 1 is 1.19 bits per heavy atom. The second-order valence-electron chi connectivity index (χ2n) is 7.49. The number of likely N-dealkylation sites (tertiary alicyclic amines) is 1. The van der Waals surface area contributed by atoms with Crippen LogP contribution in [-0.2, 0) is 11.2 Å². The molecule has 0 atom stereocenters. The third-order valence-electron chi connectivity index (χ3n) is 5.61. The van der Waals surface area contributed by atoms with Gasteiger partial charge in [-0.2, -0.15) is 0 Å². The molecular formula is C22H26N4O. The molecule has 1 amide bonds. The number of aromatic amines is 1. The Labute approximate surface area is 159 Å². The average Bonchev–Trinajstić information content (AvgIpc) is 3.10. The molecule has 27 heavy (non-hydrogen) atoms. The van der Waals surface area contributed by atoms with Crippen LogP contribution in [0, 0.1) is 13.8 Å². The molecule has 1 aliphatic rings. The van der Waals surface area contributed by atoms with E-state index in [1.165, 1.54) is 11.1 Å². The number of H-pyrrole nitrogens is 1. The first-order valence-electron chi connectivity index (χ1n) is 9.75. The lowest BCUT2D eigenvalue weighted by atomic mass is 9.89. The highest BCUT2D eigenvalue weighted by Gasteiger charge is 2.26. The summed E-state index contributed by atoms with van der Waals surface area (Å²) in [6.45, 7) is 5.62. The monoisotopic (exact) mass is 362 g/mol. The van der Waals surface area contributed by atoms with Gasteiger partial charge in [-0.3, -0.25) is 9.78 Å². The van der Waals surface area contributed by atoms with Crippen molar-refractivity contribution < 1.29 is 4.79 Å². The number of aromatic nitrogens is 3. The minimum Gasteiger partial charge on any atom is -0.343 e. The van der Waals surface area contributed by atoms with E-state index in [0.29, 0.717) is 12.3 Å². The van der Waals surface area contributed by atoms with Gasteiger partial charge in [0.05, 0.1) is 11.2 Å². The van der Waals surface area contributed by atoms with E-state index in [1.54, 1.807) is 0 Å². The SMILES string of the molecule is Cc1nc2c(C)ncc(C3CCN(C(=O)CCc4ccccc4)CC3)c2[nH]1. The average molecular weight is 362 g/mol. The molecule has 1 aromatic carbocycles. The molecule has 0 unspecified atom stereocenters. The van der Waals surface area contributed by atoms with E-state index in [2.05, 4.69) is 27.1 Å². The first kappa shape index (κ1) is 17.7. The molecule has 0 radical (unpaired) electrons. The summed E-state index contributed by atoms with van der Waals surface area (Å²) in [7, 11) is 0. The third-order valence-corrected chi connectivity index (χ3v) is 5.61. The number of imidazole rings is 1. The standard InChI is InChI=1S/C22H26N4O/c1-15-21-22(25-16(2)24-21)19(14-23-15)18-10-12-26(13-11-18)20(27)9-8-17-6-4-3-5-7-17/h3-7,14,18H,8-13H2,1-2H3,(H,24,25). The number of carbonyl (C=O) groups is 1. The maximum atomic E-state index is 12.6. The van der Waals surface area contributed by atoms with E-state index >= 15 is 0 Å². The number of nitrogens with zero attached hydrogens (tertiary/aromatic N) is 3. The Hall–Kier alpha value is -2.69. The fraction of sp³-hybridized carbons (Fsp3) is 0.409. The number of benzene rings is 1. The molecule has 2 aromatic heterocycles. The predicted octanol–water partition coefficient (Wildman–Crippen LogP) is 3.91. The number of hydrogen-bond acceptors (Lipinski definition) is 3. The van der Waals surface area contributed by atoms with Gasteiger partial charge in [0, 0.05) is 25.7 Å². The van der Waals surface area contributed by atoms with Crippen molar-refractivity contribution in [2.75, 3.05) is 13.1 Å². The number of hydrogen-bond donors (Lipinski definition) is 1. The Balaban J connectivity index is 1.39. The number of amides is 1. The van der Waals surface area contributed by atoms with Gasteiger partial charge in [0.2, 0.25) is 5.91 Å². The molecule has 140 valence electrons. The fourth-order valence-electron chi connectivity index (χ4n) is 4.06. The van der Waals surface area contributed by atoms with Crippen LogP contribution in [0.5, 0.6) is 0 Å². The van der Waals surface area contributed by atoms with Crippen molar-refractivity contribution in [1.82, 2.24) is 19.9 Å². The maximum Gasteiger partial charge on any atom is 0.222 e. The Bertz CT molecular complexity index is 940. The van der Waals surface area contributed by atoms with Crippen molar-refractivity contribution >= 4 is 16.9 Å². The zero-order chi connectivity index (χ0) is 18.8. The van der Waals surface area contributed by atoms with Crippen LogP contribution in [0.2, 0.25) is 0 Å². The van der Waals surface area contributed by atoms with Gasteiger partial charge in [-0.1, -0.05) is 30.3 Å². The lowest BCUT2D eigenvalue weighted by Gasteiger charge is -2.32. The quantitative estimate of drug-likeness (QED) is 0.765. The summed E-state index contributed by atoms with van der Waals surface area (Å²) in [5.74, 6) is 1.62. The number of piperidine rings is 1. The van der Waals surface area contributed by atoms with Crippen LogP contribution in [0.4, 0.5) is 0 Å². The zero-order valence-electron chi connectivity index (χ0n) is 16.0. The fourth-order valence-corrected chi connectivity index (χ4v) is 4.06. The normalized spacial score (nSPS) is 15.4. The maximum absolute atomic E-state index is 12.6. The zero-order valence-corrected chi connectivity index (χ0v) is 16.0. The van der Waals surface area contributed by atoms with E-state index < -0.39 is 0 Å². The first-order valence-corrected chi connectivity index (χ1v) is 9.75. The third kappa shape index (κ3) is 3.72. The minimum atomic E-state index is 0.266. The second-order valence-corrected chi connectivity index (χ2v) is 7.49. The number of fused-ring (bicyclic) bond motifs is 1. The molecule has 1 saturated heterocycles. The summed E-state index contributed by atoms with van der Waals surface area (Å²) in [6.07, 6.45) is 5.36. The van der Waals surface area contributed by atoms with E-state index in [-0.39, 0.29) is 5.91 Å². The van der Waals surface area contributed by atoms with Crippen LogP contribution in [-0.4, -0.2) is 38.8 Å². The summed E-state index contributed by atoms with van der Waals surface area (Å²) in [5.41, 5.74) is 5.53. The highest BCUT2D eigenvalue weighted by molar-refractivity contribution is 5.81. The summed E-state index contributed by atoms with van der Waals surface area (Å²) in [6, 6.07) is 10.2. The molecule has 0 aliphatic carbocycles. The van der Waals surface area contributed by atoms with Crippen molar-refractivity contribution in [2.45, 2.75) is 45.4 Å². The molecule has 3 heterocycles. The van der Waals surface area contributed by atoms with E-state index in [9.17, 15) is 4.79 Å². The lowest BCUT2D eigenvalue weighted by molar-refractivity contribution is -0.132. The van der Waals surface area contributed by atoms with E-state index in [0.717, 1.165) is 54.9 Å². The van der Waals surface area contributed by atoms with Crippen LogP contribution >= 0.6 is 0 Å². The molecule has 4 rings (SSSR count). The molecule has 1 N–H and O–H groups in total. The number of aryl methyl sites for hydroxylation is 3. The van der Waals surface area contributed by atoms with Crippen LogP contribution in [0.1, 0.15) is 47.8 Å². The number of nitrogens with one attached hydrogen (secondary N) is 1. The van der Waals surface area contributed by atoms with Gasteiger partial charge < -0.3 is 9.88 Å². The van der Waals surface area contributed by atoms with Gasteiger partial charge in [-0.05, 0) is 50.2 Å². The second kappa shape index (κ2) is 7.51. The van der Waals surface area contributed by atoms with Crippen molar-refractivity contribution in [3.63, 3.8) is 0 Å². The van der Waals surface area contributed by atoms with Crippen molar-refractivity contribution in [1.29, 1.82) is 0 Å². The molecule has 1 fully saturated rings. The van der Waals surface area contributed by atoms with Gasteiger partial charge in [-0.15, -0.1) is 0 Å². The van der Waals surface area contributed by atoms with Crippen LogP contribution in [0.15, 0.2) is 36.5 Å². The Morgan fingerprint density at radius 3 is 2.67 bits per heavy atom. The van der Waals surface area contributed by atoms with Crippen molar-refractivity contribution in [3.05, 3.63) is 59.2 Å². The molecule has 0 bridgehead atoms. The van der Waals surface area contributed by atoms with Gasteiger partial charge in [0.1, 0.15) is 11.3 Å². The molecule has 1 aliphatic heterocycles. The molecule has 5 nitrogen and oxygen atoms in total. The summed E-state index contributed by atoms with van der Waals surface area (Å²) < 4.78 is 0. The highest BCUT2D eigenvalue weighted by Crippen LogP contribution is 2.32. The van der Waals surface area contributed by atoms with Crippen molar-refractivity contribution in [2.24, 2.45) is 0 Å². The topological polar surface area (TPSA) is 61.9 Å². The number of pyridine rings is 1. The highest BCUT2D eigenvalue weighted by atomic mass is 16.2. The summed E-state index contributed by atoms with van der Waals surface area (Å²) in [5, 5.41) is 0. The van der Waals surface area contributed by atoms with Gasteiger partial charge in [0.25, 0.3) is 0 Å². The molecule has 0 spiro atoms. The number of carbonyl (C=O) groups excluding carboxylic acids is 1. The molecule has 5 heteroatoms. The van der Waals surface area contributed by atoms with E-state index in [1.807, 2.05) is 43.1 Å². The van der Waals surface area contributed by atoms with Gasteiger partial charge >= 0.3 is 0 Å². The molecular weight excluding hydrogens is 336 g/mol. The minimum absolute atomic E-state index is 0.266. The molecule has 3 aromatic rings. The predicted molar refractivity (Wildman–Crippen MR) is 107 cm³/mol. The first-order chi connectivity index (χ1) is 13.1. The Kier molecular flexibility index (Phi) is 4.92. The van der Waals surface area contributed by atoms with Crippen LogP contribution in [0.3, 0.4) is 0 Å². The Morgan fingerprint density at radius 2 is 1.93 bits per heavy atom. The lowest BCUT2D eigenvalue weighted by Crippen LogP contribution is -2.38. The van der Waals surface area contributed by atoms with Gasteiger partial charge in [0.15, 0.2) is 0 Å². The summed E-state index contributed by atoms with van der Waals surface area (Å²) in [4.78, 5) is 27.1.